The lowest BCUT2D eigenvalue weighted by atomic mass is 10.3. The van der Waals surface area contributed by atoms with Crippen LogP contribution in [0, 0.1) is 6.92 Å². The lowest BCUT2D eigenvalue weighted by molar-refractivity contribution is 0.870. The number of aromatic nitrogens is 4. The fourth-order valence-corrected chi connectivity index (χ4v) is 2.68. The van der Waals surface area contributed by atoms with Crippen molar-refractivity contribution in [1.82, 2.24) is 19.9 Å². The molecule has 0 aliphatic carbocycles. The van der Waals surface area contributed by atoms with Crippen molar-refractivity contribution in [2.45, 2.75) is 34.6 Å². The van der Waals surface area contributed by atoms with Gasteiger partial charge in [-0.05, 0) is 49.9 Å². The molecule has 2 unspecified atom stereocenters. The van der Waals surface area contributed by atoms with Crippen LogP contribution in [-0.4, -0.2) is 32.3 Å². The number of nitrogens with zero attached hydrogens (tertiary/aromatic N) is 2. The quantitative estimate of drug-likeness (QED) is 0.284. The molecule has 4 nitrogen and oxygen atoms in total. The number of aromatic amines is 2. The molecule has 0 saturated heterocycles. The van der Waals surface area contributed by atoms with Gasteiger partial charge in [-0.2, -0.15) is 0 Å². The zero-order valence-electron chi connectivity index (χ0n) is 15.8. The third-order valence-electron chi connectivity index (χ3n) is 3.73. The van der Waals surface area contributed by atoms with Gasteiger partial charge in [-0.3, -0.25) is 0 Å². The first-order chi connectivity index (χ1) is 13.2. The van der Waals surface area contributed by atoms with Gasteiger partial charge in [-0.15, -0.1) is 25.1 Å². The molecule has 0 bridgehead atoms. The number of nitrogens with one attached hydrogen (secondary N) is 2. The van der Waals surface area contributed by atoms with Crippen molar-refractivity contribution in [2.75, 3.05) is 12.3 Å². The Labute approximate surface area is 180 Å². The van der Waals surface area contributed by atoms with E-state index in [-0.39, 0.29) is 14.9 Å². The summed E-state index contributed by atoms with van der Waals surface area (Å²) in [5.41, 5.74) is 4.36. The van der Waals surface area contributed by atoms with Crippen molar-refractivity contribution in [3.63, 3.8) is 0 Å². The van der Waals surface area contributed by atoms with Crippen molar-refractivity contribution in [3.8, 4) is 0 Å². The SMILES string of the molecule is C.C.C=CCP.Cc1nc2ccccc2[nH]1.PCCCc1nc2ccccc2[nH]1. The molecule has 2 N–H and O–H groups in total. The number of hydrogen-bond acceptors (Lipinski definition) is 2. The molecular weight excluding hydrogens is 394 g/mol. The maximum atomic E-state index is 4.49. The van der Waals surface area contributed by atoms with Crippen LogP contribution in [-0.2, 0) is 6.42 Å². The number of allylic oxidation sites excluding steroid dienone is 1. The van der Waals surface area contributed by atoms with E-state index in [1.807, 2.05) is 55.5 Å². The second kappa shape index (κ2) is 14.9. The molecule has 0 fully saturated rings. The average molecular weight is 431 g/mol. The van der Waals surface area contributed by atoms with Crippen LogP contribution in [0.4, 0.5) is 0 Å². The molecule has 6 heteroatoms. The Hall–Kier alpha value is -2.02. The van der Waals surface area contributed by atoms with Gasteiger partial charge in [0.1, 0.15) is 11.6 Å². The second-order valence-electron chi connectivity index (χ2n) is 5.96. The third-order valence-corrected chi connectivity index (χ3v) is 4.47. The van der Waals surface area contributed by atoms with Crippen LogP contribution < -0.4 is 0 Å². The van der Waals surface area contributed by atoms with Gasteiger partial charge in [0.15, 0.2) is 0 Å². The Bertz CT molecular complexity index is 893. The Balaban J connectivity index is 0.000000441. The largest absolute Gasteiger partial charge is 0.342 e. The number of aryl methyl sites for hydroxylation is 2. The molecule has 0 aliphatic rings. The zero-order chi connectivity index (χ0) is 19.5. The van der Waals surface area contributed by atoms with Gasteiger partial charge in [0, 0.05) is 6.42 Å². The first kappa shape index (κ1) is 27.0. The summed E-state index contributed by atoms with van der Waals surface area (Å²) in [6.07, 6.45) is 6.18. The van der Waals surface area contributed by atoms with Crippen LogP contribution >= 0.6 is 18.5 Å². The van der Waals surface area contributed by atoms with Crippen LogP contribution in [0.2, 0.25) is 0 Å². The minimum absolute atomic E-state index is 0. The highest BCUT2D eigenvalue weighted by atomic mass is 31.0. The number of rotatable bonds is 4. The number of imidazole rings is 2. The molecule has 4 aromatic rings. The van der Waals surface area contributed by atoms with E-state index in [9.17, 15) is 0 Å². The monoisotopic (exact) mass is 430 g/mol. The normalized spacial score (nSPS) is 9.34. The van der Waals surface area contributed by atoms with Crippen molar-refractivity contribution in [1.29, 1.82) is 0 Å². The predicted octanol–water partition coefficient (Wildman–Crippen LogP) is 6.56. The van der Waals surface area contributed by atoms with E-state index >= 15 is 0 Å². The molecule has 2 aromatic carbocycles. The lowest BCUT2D eigenvalue weighted by Gasteiger charge is -1.90. The summed E-state index contributed by atoms with van der Waals surface area (Å²) in [6.45, 7) is 5.42. The first-order valence-electron chi connectivity index (χ1n) is 9.04. The fourth-order valence-electron chi connectivity index (χ4n) is 2.47. The summed E-state index contributed by atoms with van der Waals surface area (Å²) in [7, 11) is 5.27. The Morgan fingerprint density at radius 3 is 1.90 bits per heavy atom. The molecule has 0 radical (unpaired) electrons. The Kier molecular flexibility index (Phi) is 13.9. The number of para-hydroxylation sites is 4. The number of H-pyrrole nitrogens is 2. The van der Waals surface area contributed by atoms with E-state index in [0.717, 1.165) is 52.5 Å². The van der Waals surface area contributed by atoms with Gasteiger partial charge < -0.3 is 9.97 Å². The van der Waals surface area contributed by atoms with E-state index in [4.69, 9.17) is 0 Å². The molecule has 2 heterocycles. The summed E-state index contributed by atoms with van der Waals surface area (Å²) in [6, 6.07) is 16.2. The van der Waals surface area contributed by atoms with Crippen molar-refractivity contribution < 1.29 is 0 Å². The highest BCUT2D eigenvalue weighted by Gasteiger charge is 1.99. The molecule has 2 atom stereocenters. The summed E-state index contributed by atoms with van der Waals surface area (Å²) in [5.74, 6) is 2.07. The highest BCUT2D eigenvalue weighted by molar-refractivity contribution is 7.16. The van der Waals surface area contributed by atoms with E-state index in [1.54, 1.807) is 0 Å². The lowest BCUT2D eigenvalue weighted by Crippen LogP contribution is -1.87. The van der Waals surface area contributed by atoms with Crippen molar-refractivity contribution in [2.24, 2.45) is 0 Å². The molecule has 158 valence electrons. The number of benzene rings is 2. The topological polar surface area (TPSA) is 57.4 Å². The van der Waals surface area contributed by atoms with E-state index < -0.39 is 0 Å². The van der Waals surface area contributed by atoms with Gasteiger partial charge >= 0.3 is 0 Å². The highest BCUT2D eigenvalue weighted by Crippen LogP contribution is 2.11. The van der Waals surface area contributed by atoms with Crippen LogP contribution in [0.3, 0.4) is 0 Å². The maximum Gasteiger partial charge on any atom is 0.107 e. The van der Waals surface area contributed by atoms with E-state index in [0.29, 0.717) is 0 Å². The van der Waals surface area contributed by atoms with Crippen molar-refractivity contribution in [3.05, 3.63) is 72.8 Å². The molecule has 0 aliphatic heterocycles. The Morgan fingerprint density at radius 2 is 1.41 bits per heavy atom. The molecular formula is C23H36N4P2. The third kappa shape index (κ3) is 8.90. The minimum atomic E-state index is 0. The summed E-state index contributed by atoms with van der Waals surface area (Å²) >= 11 is 0. The molecule has 29 heavy (non-hydrogen) atoms. The second-order valence-corrected chi connectivity index (χ2v) is 7.01. The average Bonchev–Trinajstić information content (AvgIpc) is 3.28. The summed E-state index contributed by atoms with van der Waals surface area (Å²) in [4.78, 5) is 15.2. The van der Waals surface area contributed by atoms with E-state index in [2.05, 4.69) is 51.1 Å². The summed E-state index contributed by atoms with van der Waals surface area (Å²) < 4.78 is 0. The van der Waals surface area contributed by atoms with E-state index in [1.165, 1.54) is 6.42 Å². The number of fused-ring (bicyclic) bond motifs is 2. The number of hydrogen-bond donors (Lipinski definition) is 2. The maximum absolute atomic E-state index is 4.49. The van der Waals surface area contributed by atoms with Crippen LogP contribution in [0.5, 0.6) is 0 Å². The minimum Gasteiger partial charge on any atom is -0.342 e. The van der Waals surface area contributed by atoms with Gasteiger partial charge in [0.05, 0.1) is 22.1 Å². The van der Waals surface area contributed by atoms with Gasteiger partial charge in [0.25, 0.3) is 0 Å². The zero-order valence-corrected chi connectivity index (χ0v) is 18.1. The Morgan fingerprint density at radius 1 is 0.897 bits per heavy atom. The smallest absolute Gasteiger partial charge is 0.107 e. The first-order valence-corrected chi connectivity index (χ1v) is 10.7. The molecule has 4 rings (SSSR count). The molecule has 0 saturated carbocycles. The molecule has 0 spiro atoms. The van der Waals surface area contributed by atoms with Crippen LogP contribution in [0.15, 0.2) is 61.2 Å². The molecule has 2 aromatic heterocycles. The van der Waals surface area contributed by atoms with Gasteiger partial charge in [0.2, 0.25) is 0 Å². The van der Waals surface area contributed by atoms with Gasteiger partial charge in [-0.25, -0.2) is 9.97 Å². The van der Waals surface area contributed by atoms with Crippen LogP contribution in [0.1, 0.15) is 32.9 Å². The standard InChI is InChI=1S/C10H13N2P.C8H8N2.C3H7P.2CH4/c13-7-3-6-10-11-8-4-1-2-5-9(8)12-10;1-6-9-7-4-2-3-5-8(7)10-6;1-2-3-4;;/h1-2,4-5H,3,6-7,13H2,(H,11,12);2-5H,1H3,(H,9,10);2H,1,3-4H2;2*1H4. The summed E-state index contributed by atoms with van der Waals surface area (Å²) in [5, 5.41) is 0. The van der Waals surface area contributed by atoms with Crippen LogP contribution in [0.25, 0.3) is 22.1 Å². The molecule has 0 amide bonds. The predicted molar refractivity (Wildman–Crippen MR) is 138 cm³/mol. The van der Waals surface area contributed by atoms with Crippen molar-refractivity contribution >= 4 is 40.5 Å². The fraction of sp³-hybridized carbons (Fsp3) is 0.304. The van der Waals surface area contributed by atoms with Gasteiger partial charge in [-0.1, -0.05) is 45.2 Å².